The van der Waals surface area contributed by atoms with E-state index in [1.54, 1.807) is 6.07 Å². The molecule has 0 saturated heterocycles. The van der Waals surface area contributed by atoms with Crippen LogP contribution in [-0.2, 0) is 0 Å². The highest BCUT2D eigenvalue weighted by Crippen LogP contribution is 2.31. The minimum Gasteiger partial charge on any atom is -0.481 e. The summed E-state index contributed by atoms with van der Waals surface area (Å²) >= 11 is 3.42. The quantitative estimate of drug-likeness (QED) is 0.737. The van der Waals surface area contributed by atoms with Gasteiger partial charge in [-0.1, -0.05) is 29.8 Å². The van der Waals surface area contributed by atoms with Crippen LogP contribution in [0.25, 0.3) is 0 Å². The second-order valence-corrected chi connectivity index (χ2v) is 6.40. The molecule has 0 amide bonds. The molecular formula is C17H19BrN2O3. The van der Waals surface area contributed by atoms with Crippen LogP contribution in [0.3, 0.4) is 0 Å². The number of aromatic nitrogens is 2. The van der Waals surface area contributed by atoms with Crippen molar-refractivity contribution in [2.24, 2.45) is 0 Å². The molecule has 0 aliphatic carbocycles. The number of carbonyl (C=O) groups is 1. The number of nitrogens with zero attached hydrogens (tertiary/aromatic N) is 2. The van der Waals surface area contributed by atoms with Gasteiger partial charge in [0.25, 0.3) is 0 Å². The minimum atomic E-state index is -0.183. The summed E-state index contributed by atoms with van der Waals surface area (Å²) < 4.78 is 11.3. The van der Waals surface area contributed by atoms with E-state index in [0.717, 1.165) is 10.0 Å². The summed E-state index contributed by atoms with van der Waals surface area (Å²) in [5, 5.41) is 0. The number of carbonyl (C=O) groups excluding carboxylic acids is 1. The molecular weight excluding hydrogens is 360 g/mol. The van der Waals surface area contributed by atoms with Gasteiger partial charge >= 0.3 is 6.01 Å². The van der Waals surface area contributed by atoms with Gasteiger partial charge in [0.2, 0.25) is 11.7 Å². The molecule has 0 aliphatic heterocycles. The molecule has 122 valence electrons. The van der Waals surface area contributed by atoms with Crippen molar-refractivity contribution < 1.29 is 14.3 Å². The SMILES string of the molecule is COc1nc(OC)c(C(C)C)c(C(=O)c2cc(C)cc(Br)c2)n1. The van der Waals surface area contributed by atoms with Gasteiger partial charge in [-0.2, -0.15) is 9.97 Å². The van der Waals surface area contributed by atoms with Crippen LogP contribution in [0, 0.1) is 6.92 Å². The van der Waals surface area contributed by atoms with E-state index in [4.69, 9.17) is 9.47 Å². The number of benzene rings is 1. The zero-order valence-electron chi connectivity index (χ0n) is 13.8. The summed E-state index contributed by atoms with van der Waals surface area (Å²) in [7, 11) is 2.98. The van der Waals surface area contributed by atoms with E-state index in [2.05, 4.69) is 25.9 Å². The molecule has 0 atom stereocenters. The van der Waals surface area contributed by atoms with Gasteiger partial charge in [-0.15, -0.1) is 0 Å². The molecule has 6 heteroatoms. The van der Waals surface area contributed by atoms with Gasteiger partial charge in [-0.25, -0.2) is 0 Å². The lowest BCUT2D eigenvalue weighted by Gasteiger charge is -2.15. The Morgan fingerprint density at radius 3 is 2.35 bits per heavy atom. The van der Waals surface area contributed by atoms with Crippen LogP contribution < -0.4 is 9.47 Å². The number of ketones is 1. The lowest BCUT2D eigenvalue weighted by molar-refractivity contribution is 0.103. The fourth-order valence-electron chi connectivity index (χ4n) is 2.37. The molecule has 2 rings (SSSR count). The largest absolute Gasteiger partial charge is 0.481 e. The fraction of sp³-hybridized carbons (Fsp3) is 0.353. The van der Waals surface area contributed by atoms with Crippen molar-refractivity contribution in [3.8, 4) is 11.9 Å². The summed E-state index contributed by atoms with van der Waals surface area (Å²) in [6, 6.07) is 5.67. The Bertz CT molecular complexity index is 725. The van der Waals surface area contributed by atoms with Crippen molar-refractivity contribution in [3.05, 3.63) is 45.1 Å². The maximum absolute atomic E-state index is 13.0. The molecule has 1 aromatic carbocycles. The van der Waals surface area contributed by atoms with Crippen LogP contribution in [0.4, 0.5) is 0 Å². The Morgan fingerprint density at radius 2 is 1.83 bits per heavy atom. The number of rotatable bonds is 5. The second-order valence-electron chi connectivity index (χ2n) is 5.48. The predicted octanol–water partition coefficient (Wildman–Crippen LogP) is 3.92. The van der Waals surface area contributed by atoms with Gasteiger partial charge in [0, 0.05) is 15.6 Å². The van der Waals surface area contributed by atoms with Gasteiger partial charge < -0.3 is 9.47 Å². The first kappa shape index (κ1) is 17.4. The third kappa shape index (κ3) is 3.69. The Kier molecular flexibility index (Phi) is 5.36. The Labute approximate surface area is 144 Å². The van der Waals surface area contributed by atoms with Gasteiger partial charge in [0.1, 0.15) is 5.69 Å². The molecule has 0 aliphatic rings. The van der Waals surface area contributed by atoms with Crippen molar-refractivity contribution in [1.29, 1.82) is 0 Å². The predicted molar refractivity (Wildman–Crippen MR) is 91.5 cm³/mol. The summed E-state index contributed by atoms with van der Waals surface area (Å²) in [6.07, 6.45) is 0. The molecule has 0 radical (unpaired) electrons. The monoisotopic (exact) mass is 378 g/mol. The molecule has 0 spiro atoms. The van der Waals surface area contributed by atoms with Gasteiger partial charge in [0.05, 0.1) is 14.2 Å². The summed E-state index contributed by atoms with van der Waals surface area (Å²) in [4.78, 5) is 21.5. The fourth-order valence-corrected chi connectivity index (χ4v) is 2.98. The van der Waals surface area contributed by atoms with Crippen LogP contribution in [0.1, 0.15) is 46.9 Å². The molecule has 0 N–H and O–H groups in total. The molecule has 0 bridgehead atoms. The number of halogens is 1. The van der Waals surface area contributed by atoms with E-state index in [0.29, 0.717) is 22.7 Å². The third-order valence-electron chi connectivity index (χ3n) is 3.36. The zero-order valence-corrected chi connectivity index (χ0v) is 15.4. The molecule has 1 heterocycles. The Morgan fingerprint density at radius 1 is 1.13 bits per heavy atom. The highest BCUT2D eigenvalue weighted by molar-refractivity contribution is 9.10. The molecule has 0 saturated carbocycles. The van der Waals surface area contributed by atoms with E-state index < -0.39 is 0 Å². The maximum atomic E-state index is 13.0. The van der Waals surface area contributed by atoms with Gasteiger partial charge in [0.15, 0.2) is 0 Å². The first-order valence-corrected chi connectivity index (χ1v) is 7.98. The van der Waals surface area contributed by atoms with Crippen LogP contribution in [0.15, 0.2) is 22.7 Å². The molecule has 0 fully saturated rings. The van der Waals surface area contributed by atoms with Crippen LogP contribution in [0.5, 0.6) is 11.9 Å². The third-order valence-corrected chi connectivity index (χ3v) is 3.82. The van der Waals surface area contributed by atoms with Crippen molar-refractivity contribution in [2.75, 3.05) is 14.2 Å². The van der Waals surface area contributed by atoms with Crippen LogP contribution in [0.2, 0.25) is 0 Å². The Balaban J connectivity index is 2.66. The van der Waals surface area contributed by atoms with Crippen LogP contribution in [-0.4, -0.2) is 30.0 Å². The summed E-state index contributed by atoms with van der Waals surface area (Å²) in [5.74, 6) is 0.210. The average molecular weight is 379 g/mol. The number of hydrogen-bond acceptors (Lipinski definition) is 5. The lowest BCUT2D eigenvalue weighted by atomic mass is 9.96. The van der Waals surface area contributed by atoms with E-state index in [1.807, 2.05) is 32.9 Å². The first-order chi connectivity index (χ1) is 10.9. The van der Waals surface area contributed by atoms with E-state index in [1.165, 1.54) is 14.2 Å². The standard InChI is InChI=1S/C17H19BrN2O3/c1-9(2)13-14(19-17(23-5)20-16(13)22-4)15(21)11-6-10(3)7-12(18)8-11/h6-9H,1-5H3. The number of ether oxygens (including phenoxy) is 2. The normalized spacial score (nSPS) is 10.7. The highest BCUT2D eigenvalue weighted by Gasteiger charge is 2.24. The van der Waals surface area contributed by atoms with Gasteiger partial charge in [-0.3, -0.25) is 4.79 Å². The molecule has 1 aromatic heterocycles. The average Bonchev–Trinajstić information content (AvgIpc) is 2.51. The summed E-state index contributed by atoms with van der Waals surface area (Å²) in [6.45, 7) is 5.87. The van der Waals surface area contributed by atoms with E-state index in [9.17, 15) is 4.79 Å². The van der Waals surface area contributed by atoms with Crippen molar-refractivity contribution in [2.45, 2.75) is 26.7 Å². The van der Waals surface area contributed by atoms with Crippen molar-refractivity contribution in [1.82, 2.24) is 9.97 Å². The van der Waals surface area contributed by atoms with Crippen LogP contribution >= 0.6 is 15.9 Å². The molecule has 2 aromatic rings. The summed E-state index contributed by atoms with van der Waals surface area (Å²) in [5.41, 5.74) is 2.53. The molecule has 0 unspecified atom stereocenters. The smallest absolute Gasteiger partial charge is 0.320 e. The Hall–Kier alpha value is -1.95. The topological polar surface area (TPSA) is 61.3 Å². The van der Waals surface area contributed by atoms with E-state index in [-0.39, 0.29) is 17.7 Å². The van der Waals surface area contributed by atoms with Gasteiger partial charge in [-0.05, 0) is 36.6 Å². The zero-order chi connectivity index (χ0) is 17.1. The second kappa shape index (κ2) is 7.08. The molecule has 5 nitrogen and oxygen atoms in total. The van der Waals surface area contributed by atoms with E-state index >= 15 is 0 Å². The number of hydrogen-bond donors (Lipinski definition) is 0. The lowest BCUT2D eigenvalue weighted by Crippen LogP contribution is -2.13. The van der Waals surface area contributed by atoms with Crippen molar-refractivity contribution >= 4 is 21.7 Å². The highest BCUT2D eigenvalue weighted by atomic mass is 79.9. The molecule has 23 heavy (non-hydrogen) atoms. The number of methoxy groups -OCH3 is 2. The maximum Gasteiger partial charge on any atom is 0.320 e. The number of aryl methyl sites for hydroxylation is 1. The van der Waals surface area contributed by atoms with Crippen molar-refractivity contribution in [3.63, 3.8) is 0 Å². The first-order valence-electron chi connectivity index (χ1n) is 7.19. The minimum absolute atomic E-state index is 0.0306.